The van der Waals surface area contributed by atoms with E-state index >= 15 is 0 Å². The van der Waals surface area contributed by atoms with Gasteiger partial charge < -0.3 is 10.1 Å². The van der Waals surface area contributed by atoms with E-state index in [2.05, 4.69) is 19.2 Å². The molecule has 2 aromatic rings. The number of carbonyl (C=O) groups is 2. The maximum Gasteiger partial charge on any atom is 0.265 e. The Morgan fingerprint density at radius 1 is 1.04 bits per heavy atom. The molecule has 0 saturated heterocycles. The summed E-state index contributed by atoms with van der Waals surface area (Å²) in [6.45, 7) is 7.49. The average Bonchev–Trinajstić information content (AvgIpc) is 2.61. The van der Waals surface area contributed by atoms with Crippen molar-refractivity contribution in [1.82, 2.24) is 0 Å². The summed E-state index contributed by atoms with van der Waals surface area (Å²) < 4.78 is 5.69. The van der Waals surface area contributed by atoms with Crippen molar-refractivity contribution in [3.8, 4) is 5.75 Å². The highest BCUT2D eigenvalue weighted by Gasteiger charge is 2.17. The number of carbonyl (C=O) groups excluding carboxylic acids is 2. The van der Waals surface area contributed by atoms with Crippen molar-refractivity contribution in [2.24, 2.45) is 0 Å². The number of ether oxygens (including phenoxy) is 1. The molecule has 2 atom stereocenters. The number of Topliss-reactive ketones (excluding diaryl/α,β-unsaturated/α-hetero) is 1. The minimum absolute atomic E-state index is 0.000933. The topological polar surface area (TPSA) is 55.4 Å². The van der Waals surface area contributed by atoms with Crippen LogP contribution in [-0.2, 0) is 4.79 Å². The molecule has 4 nitrogen and oxygen atoms in total. The second-order valence-corrected chi connectivity index (χ2v) is 6.23. The Balaban J connectivity index is 2.04. The molecule has 132 valence electrons. The van der Waals surface area contributed by atoms with E-state index < -0.39 is 6.10 Å². The lowest BCUT2D eigenvalue weighted by molar-refractivity contribution is -0.122. The molecule has 2 rings (SSSR count). The fraction of sp³-hybridized carbons (Fsp3) is 0.333. The lowest BCUT2D eigenvalue weighted by Crippen LogP contribution is -2.30. The van der Waals surface area contributed by atoms with E-state index in [0.29, 0.717) is 17.2 Å². The van der Waals surface area contributed by atoms with E-state index in [1.165, 1.54) is 6.92 Å². The van der Waals surface area contributed by atoms with Crippen molar-refractivity contribution < 1.29 is 14.3 Å². The van der Waals surface area contributed by atoms with Crippen LogP contribution in [0.4, 0.5) is 5.69 Å². The molecule has 4 heteroatoms. The van der Waals surface area contributed by atoms with Crippen LogP contribution in [0.5, 0.6) is 5.75 Å². The normalized spacial score (nSPS) is 13.0. The Labute approximate surface area is 149 Å². The van der Waals surface area contributed by atoms with E-state index in [-0.39, 0.29) is 11.7 Å². The van der Waals surface area contributed by atoms with Gasteiger partial charge in [0.05, 0.1) is 0 Å². The molecule has 0 heterocycles. The minimum Gasteiger partial charge on any atom is -0.481 e. The third-order valence-electron chi connectivity index (χ3n) is 4.30. The number of nitrogens with one attached hydrogen (secondary N) is 1. The quantitative estimate of drug-likeness (QED) is 0.737. The van der Waals surface area contributed by atoms with Gasteiger partial charge in [-0.25, -0.2) is 0 Å². The summed E-state index contributed by atoms with van der Waals surface area (Å²) in [5.74, 6) is 0.722. The first-order chi connectivity index (χ1) is 11.9. The van der Waals surface area contributed by atoms with E-state index in [4.69, 9.17) is 4.74 Å². The van der Waals surface area contributed by atoms with Crippen molar-refractivity contribution in [3.63, 3.8) is 0 Å². The number of amides is 1. The summed E-state index contributed by atoms with van der Waals surface area (Å²) in [4.78, 5) is 23.8. The Morgan fingerprint density at radius 3 is 2.28 bits per heavy atom. The van der Waals surface area contributed by atoms with E-state index in [9.17, 15) is 9.59 Å². The lowest BCUT2D eigenvalue weighted by atomic mass is 9.97. The molecule has 0 saturated carbocycles. The molecule has 0 bridgehead atoms. The Hall–Kier alpha value is -2.62. The predicted octanol–water partition coefficient (Wildman–Crippen LogP) is 4.81. The Morgan fingerprint density at radius 2 is 1.68 bits per heavy atom. The standard InChI is InChI=1S/C21H25NO3/c1-5-14(2)19-8-6-7-9-20(19)22-21(24)16(4)25-18-12-10-17(11-13-18)15(3)23/h6-14,16H,5H2,1-4H3,(H,22,24)/t14-,16-/m1/s1. The third kappa shape index (κ3) is 4.92. The molecule has 0 aliphatic carbocycles. The lowest BCUT2D eigenvalue weighted by Gasteiger charge is -2.18. The van der Waals surface area contributed by atoms with E-state index in [1.807, 2.05) is 24.3 Å². The summed E-state index contributed by atoms with van der Waals surface area (Å²) in [6, 6.07) is 14.6. The molecule has 0 aliphatic rings. The van der Waals surface area contributed by atoms with Crippen LogP contribution in [0.1, 0.15) is 56.0 Å². The average molecular weight is 339 g/mol. The van der Waals surface area contributed by atoms with Crippen LogP contribution < -0.4 is 10.1 Å². The van der Waals surface area contributed by atoms with Gasteiger partial charge in [-0.1, -0.05) is 32.0 Å². The number of benzene rings is 2. The third-order valence-corrected chi connectivity index (χ3v) is 4.30. The van der Waals surface area contributed by atoms with Crippen molar-refractivity contribution in [2.45, 2.75) is 46.1 Å². The molecule has 0 unspecified atom stereocenters. The number of hydrogen-bond acceptors (Lipinski definition) is 3. The fourth-order valence-corrected chi connectivity index (χ4v) is 2.52. The van der Waals surface area contributed by atoms with Crippen LogP contribution in [0.15, 0.2) is 48.5 Å². The Bertz CT molecular complexity index is 737. The zero-order valence-electron chi connectivity index (χ0n) is 15.2. The first-order valence-electron chi connectivity index (χ1n) is 8.59. The smallest absolute Gasteiger partial charge is 0.265 e. The second kappa shape index (κ2) is 8.47. The Kier molecular flexibility index (Phi) is 6.34. The van der Waals surface area contributed by atoms with E-state index in [0.717, 1.165) is 17.7 Å². The van der Waals surface area contributed by atoms with Gasteiger partial charge in [0.25, 0.3) is 5.91 Å². The molecule has 0 fully saturated rings. The van der Waals surface area contributed by atoms with Crippen LogP contribution >= 0.6 is 0 Å². The van der Waals surface area contributed by atoms with Gasteiger partial charge in [0.2, 0.25) is 0 Å². The molecule has 1 N–H and O–H groups in total. The van der Waals surface area contributed by atoms with E-state index in [1.54, 1.807) is 31.2 Å². The zero-order chi connectivity index (χ0) is 18.4. The van der Waals surface area contributed by atoms with Gasteiger partial charge in [-0.2, -0.15) is 0 Å². The number of anilines is 1. The summed E-state index contributed by atoms with van der Waals surface area (Å²) in [6.07, 6.45) is 0.356. The van der Waals surface area contributed by atoms with Crippen molar-refractivity contribution in [3.05, 3.63) is 59.7 Å². The molecule has 0 aliphatic heterocycles. The summed E-state index contributed by atoms with van der Waals surface area (Å²) in [5.41, 5.74) is 2.56. The SMILES string of the molecule is CC[C@@H](C)c1ccccc1NC(=O)[C@@H](C)Oc1ccc(C(C)=O)cc1. The highest BCUT2D eigenvalue weighted by atomic mass is 16.5. The first kappa shape index (κ1) is 18.7. The molecule has 0 radical (unpaired) electrons. The summed E-state index contributed by atoms with van der Waals surface area (Å²) >= 11 is 0. The van der Waals surface area contributed by atoms with Gasteiger partial charge in [0.1, 0.15) is 5.75 Å². The van der Waals surface area contributed by atoms with Crippen LogP contribution in [0, 0.1) is 0 Å². The number of rotatable bonds is 7. The first-order valence-corrected chi connectivity index (χ1v) is 8.59. The van der Waals surface area contributed by atoms with Gasteiger partial charge in [0.15, 0.2) is 11.9 Å². The van der Waals surface area contributed by atoms with Gasteiger partial charge in [-0.15, -0.1) is 0 Å². The molecule has 2 aromatic carbocycles. The van der Waals surface area contributed by atoms with Gasteiger partial charge in [-0.3, -0.25) is 9.59 Å². The molecule has 25 heavy (non-hydrogen) atoms. The largest absolute Gasteiger partial charge is 0.481 e. The molecule has 1 amide bonds. The minimum atomic E-state index is -0.645. The van der Waals surface area contributed by atoms with Crippen LogP contribution in [0.2, 0.25) is 0 Å². The molecular formula is C21H25NO3. The van der Waals surface area contributed by atoms with Gasteiger partial charge >= 0.3 is 0 Å². The number of para-hydroxylation sites is 1. The number of ketones is 1. The highest BCUT2D eigenvalue weighted by molar-refractivity contribution is 5.95. The maximum absolute atomic E-state index is 12.5. The molecule has 0 spiro atoms. The van der Waals surface area contributed by atoms with Crippen molar-refractivity contribution in [2.75, 3.05) is 5.32 Å². The number of hydrogen-bond donors (Lipinski definition) is 1. The highest BCUT2D eigenvalue weighted by Crippen LogP contribution is 2.26. The van der Waals surface area contributed by atoms with Crippen LogP contribution in [0.3, 0.4) is 0 Å². The monoisotopic (exact) mass is 339 g/mol. The van der Waals surface area contributed by atoms with Crippen molar-refractivity contribution in [1.29, 1.82) is 0 Å². The second-order valence-electron chi connectivity index (χ2n) is 6.23. The zero-order valence-corrected chi connectivity index (χ0v) is 15.2. The molecular weight excluding hydrogens is 314 g/mol. The maximum atomic E-state index is 12.5. The van der Waals surface area contributed by atoms with Gasteiger partial charge in [0, 0.05) is 11.3 Å². The predicted molar refractivity (Wildman–Crippen MR) is 100 cm³/mol. The van der Waals surface area contributed by atoms with Crippen LogP contribution in [0.25, 0.3) is 0 Å². The summed E-state index contributed by atoms with van der Waals surface area (Å²) in [7, 11) is 0. The molecule has 0 aromatic heterocycles. The van der Waals surface area contributed by atoms with Crippen LogP contribution in [-0.4, -0.2) is 17.8 Å². The van der Waals surface area contributed by atoms with Crippen molar-refractivity contribution >= 4 is 17.4 Å². The summed E-state index contributed by atoms with van der Waals surface area (Å²) in [5, 5.41) is 2.96. The van der Waals surface area contributed by atoms with Gasteiger partial charge in [-0.05, 0) is 62.1 Å². The fourth-order valence-electron chi connectivity index (χ4n) is 2.52.